The Morgan fingerprint density at radius 1 is 1.08 bits per heavy atom. The van der Waals surface area contributed by atoms with Crippen LogP contribution in [-0.4, -0.2) is 43.6 Å². The van der Waals surface area contributed by atoms with E-state index in [2.05, 4.69) is 15.2 Å². The zero-order valence-corrected chi connectivity index (χ0v) is 16.2. The number of piperazine rings is 1. The van der Waals surface area contributed by atoms with Crippen molar-refractivity contribution in [2.24, 2.45) is 0 Å². The van der Waals surface area contributed by atoms with Gasteiger partial charge >= 0.3 is 0 Å². The number of fused-ring (bicyclic) bond motifs is 1. The van der Waals surface area contributed by atoms with E-state index in [1.807, 2.05) is 0 Å². The Balaban J connectivity index is 0.00000196. The molecule has 1 aromatic carbocycles. The first kappa shape index (κ1) is 19.0. The molecule has 1 fully saturated rings. The zero-order chi connectivity index (χ0) is 17.4. The van der Waals surface area contributed by atoms with E-state index in [0.717, 1.165) is 37.3 Å². The molecule has 0 aliphatic carbocycles. The molecule has 0 radical (unpaired) electrons. The fourth-order valence-electron chi connectivity index (χ4n) is 3.17. The number of benzene rings is 1. The summed E-state index contributed by atoms with van der Waals surface area (Å²) >= 11 is 6.44. The highest BCUT2D eigenvalue weighted by Crippen LogP contribution is 2.36. The molecule has 1 aliphatic rings. The maximum Gasteiger partial charge on any atom is 0.285 e. The van der Waals surface area contributed by atoms with Crippen LogP contribution in [0.3, 0.4) is 0 Å². The van der Waals surface area contributed by atoms with Gasteiger partial charge in [-0.3, -0.25) is 0 Å². The number of rotatable bonds is 3. The van der Waals surface area contributed by atoms with Crippen LogP contribution in [0.1, 0.15) is 0 Å². The van der Waals surface area contributed by atoms with E-state index < -0.39 is 10.0 Å². The van der Waals surface area contributed by atoms with E-state index >= 15 is 0 Å². The molecule has 3 heterocycles. The van der Waals surface area contributed by atoms with Crippen molar-refractivity contribution in [2.45, 2.75) is 5.03 Å². The average Bonchev–Trinajstić information content (AvgIpc) is 3.08. The quantitative estimate of drug-likeness (QED) is 0.716. The van der Waals surface area contributed by atoms with Crippen LogP contribution in [-0.2, 0) is 10.0 Å². The molecule has 4 rings (SSSR count). The van der Waals surface area contributed by atoms with Gasteiger partial charge in [-0.2, -0.15) is 8.42 Å². The lowest BCUT2D eigenvalue weighted by Gasteiger charge is -2.30. The number of nitrogens with one attached hydrogen (secondary N) is 1. The van der Waals surface area contributed by atoms with Crippen LogP contribution < -0.4 is 10.2 Å². The van der Waals surface area contributed by atoms with E-state index in [-0.39, 0.29) is 17.4 Å². The van der Waals surface area contributed by atoms with E-state index in [1.54, 1.807) is 36.5 Å². The van der Waals surface area contributed by atoms with Crippen molar-refractivity contribution in [1.29, 1.82) is 0 Å². The first-order chi connectivity index (χ1) is 12.1. The van der Waals surface area contributed by atoms with Crippen molar-refractivity contribution < 1.29 is 8.42 Å². The molecule has 0 bridgehead atoms. The van der Waals surface area contributed by atoms with Gasteiger partial charge < -0.3 is 10.2 Å². The van der Waals surface area contributed by atoms with Gasteiger partial charge in [-0.25, -0.2) is 8.96 Å². The lowest BCUT2D eigenvalue weighted by molar-refractivity contribution is 0.585. The van der Waals surface area contributed by atoms with Gasteiger partial charge in [0.15, 0.2) is 5.03 Å². The molecule has 6 nitrogen and oxygen atoms in total. The summed E-state index contributed by atoms with van der Waals surface area (Å²) in [4.78, 5) is 6.18. The number of anilines is 1. The Morgan fingerprint density at radius 3 is 2.54 bits per heavy atom. The molecule has 26 heavy (non-hydrogen) atoms. The number of aromatic nitrogens is 2. The molecule has 0 unspecified atom stereocenters. The molecule has 3 aromatic rings. The van der Waals surface area contributed by atoms with Gasteiger partial charge in [-0.05, 0) is 30.3 Å². The van der Waals surface area contributed by atoms with Gasteiger partial charge in [0.1, 0.15) is 0 Å². The summed E-state index contributed by atoms with van der Waals surface area (Å²) in [5, 5.41) is 4.78. The van der Waals surface area contributed by atoms with Crippen LogP contribution in [0.25, 0.3) is 10.9 Å². The lowest BCUT2D eigenvalue weighted by atomic mass is 10.2. The molecule has 0 atom stereocenters. The van der Waals surface area contributed by atoms with Crippen molar-refractivity contribution in [1.82, 2.24) is 14.3 Å². The minimum absolute atomic E-state index is 0. The largest absolute Gasteiger partial charge is 0.367 e. The summed E-state index contributed by atoms with van der Waals surface area (Å²) in [5.41, 5.74) is 1.49. The first-order valence-corrected chi connectivity index (χ1v) is 9.83. The SMILES string of the molecule is Cl.O=S(=O)(c1ccccn1)n1ccc2c(N3CCNCC3)c(Cl)ccc21. The van der Waals surface area contributed by atoms with E-state index in [9.17, 15) is 8.42 Å². The fourth-order valence-corrected chi connectivity index (χ4v) is 4.74. The Morgan fingerprint density at radius 2 is 1.85 bits per heavy atom. The molecule has 1 aliphatic heterocycles. The number of nitrogens with zero attached hydrogens (tertiary/aromatic N) is 3. The summed E-state index contributed by atoms with van der Waals surface area (Å²) in [6.45, 7) is 3.41. The van der Waals surface area contributed by atoms with Gasteiger partial charge in [-0.15, -0.1) is 12.4 Å². The van der Waals surface area contributed by atoms with Crippen LogP contribution in [0, 0.1) is 0 Å². The maximum absolute atomic E-state index is 12.9. The summed E-state index contributed by atoms with van der Waals surface area (Å²) in [7, 11) is -3.75. The zero-order valence-electron chi connectivity index (χ0n) is 13.8. The third-order valence-electron chi connectivity index (χ3n) is 4.35. The molecule has 1 N–H and O–H groups in total. The predicted octanol–water partition coefficient (Wildman–Crippen LogP) is 2.76. The van der Waals surface area contributed by atoms with Crippen LogP contribution in [0.2, 0.25) is 5.02 Å². The molecule has 0 amide bonds. The summed E-state index contributed by atoms with van der Waals surface area (Å²) in [6.07, 6.45) is 3.04. The molecule has 0 spiro atoms. The monoisotopic (exact) mass is 412 g/mol. The molecule has 2 aromatic heterocycles. The molecule has 1 saturated heterocycles. The molecule has 138 valence electrons. The molecular weight excluding hydrogens is 395 g/mol. The van der Waals surface area contributed by atoms with Crippen LogP contribution >= 0.6 is 24.0 Å². The van der Waals surface area contributed by atoms with E-state index in [1.165, 1.54) is 16.2 Å². The fraction of sp³-hybridized carbons (Fsp3) is 0.235. The van der Waals surface area contributed by atoms with Crippen molar-refractivity contribution >= 4 is 50.6 Å². The van der Waals surface area contributed by atoms with E-state index in [0.29, 0.717) is 10.5 Å². The van der Waals surface area contributed by atoms with E-state index in [4.69, 9.17) is 11.6 Å². The standard InChI is InChI=1S/C17H17ClN4O2S.ClH/c18-14-4-5-15-13(17(14)21-11-8-19-9-12-21)6-10-22(15)25(23,24)16-3-1-2-7-20-16;/h1-7,10,19H,8-9,11-12H2;1H. The second-order valence-corrected chi connectivity index (χ2v) is 8.02. The van der Waals surface area contributed by atoms with Gasteiger partial charge in [0.2, 0.25) is 0 Å². The minimum Gasteiger partial charge on any atom is -0.367 e. The van der Waals surface area contributed by atoms with Crippen molar-refractivity contribution in [3.8, 4) is 0 Å². The smallest absolute Gasteiger partial charge is 0.285 e. The highest BCUT2D eigenvalue weighted by molar-refractivity contribution is 7.90. The third-order valence-corrected chi connectivity index (χ3v) is 6.26. The summed E-state index contributed by atoms with van der Waals surface area (Å²) < 4.78 is 27.1. The second kappa shape index (κ2) is 7.44. The predicted molar refractivity (Wildman–Crippen MR) is 106 cm³/mol. The number of pyridine rings is 1. The Kier molecular flexibility index (Phi) is 5.43. The minimum atomic E-state index is -3.75. The second-order valence-electron chi connectivity index (χ2n) is 5.85. The summed E-state index contributed by atoms with van der Waals surface area (Å²) in [5.74, 6) is 0. The van der Waals surface area contributed by atoms with Crippen molar-refractivity contribution in [3.05, 3.63) is 53.8 Å². The van der Waals surface area contributed by atoms with Crippen LogP contribution in [0.15, 0.2) is 53.8 Å². The highest BCUT2D eigenvalue weighted by atomic mass is 35.5. The number of hydrogen-bond donors (Lipinski definition) is 1. The van der Waals surface area contributed by atoms with Crippen LogP contribution in [0.4, 0.5) is 5.69 Å². The topological polar surface area (TPSA) is 67.2 Å². The molecule has 9 heteroatoms. The molecular formula is C17H18Cl2N4O2S. The Labute approximate surface area is 163 Å². The van der Waals surface area contributed by atoms with Gasteiger partial charge in [0, 0.05) is 44.0 Å². The van der Waals surface area contributed by atoms with Crippen molar-refractivity contribution in [3.63, 3.8) is 0 Å². The summed E-state index contributed by atoms with van der Waals surface area (Å²) in [6, 6.07) is 10.1. The van der Waals surface area contributed by atoms with Gasteiger partial charge in [0.25, 0.3) is 10.0 Å². The average molecular weight is 413 g/mol. The Hall–Kier alpha value is -1.80. The van der Waals surface area contributed by atoms with Crippen LogP contribution in [0.5, 0.6) is 0 Å². The van der Waals surface area contributed by atoms with Crippen molar-refractivity contribution in [2.75, 3.05) is 31.1 Å². The third kappa shape index (κ3) is 3.16. The number of hydrogen-bond acceptors (Lipinski definition) is 5. The number of halogens is 2. The first-order valence-electron chi connectivity index (χ1n) is 8.01. The highest BCUT2D eigenvalue weighted by Gasteiger charge is 2.23. The Bertz CT molecular complexity index is 1020. The maximum atomic E-state index is 12.9. The normalized spacial score (nSPS) is 15.0. The van der Waals surface area contributed by atoms with Gasteiger partial charge in [0.05, 0.1) is 16.2 Å². The lowest BCUT2D eigenvalue weighted by Crippen LogP contribution is -2.43. The molecule has 0 saturated carbocycles. The van der Waals surface area contributed by atoms with Gasteiger partial charge in [-0.1, -0.05) is 17.7 Å².